The number of aryl methyl sites for hydroxylation is 1. The van der Waals surface area contributed by atoms with E-state index in [1.54, 1.807) is 24.3 Å². The van der Waals surface area contributed by atoms with Crippen LogP contribution in [0.4, 0.5) is 5.69 Å². The molecule has 0 radical (unpaired) electrons. The number of nitrogens with one attached hydrogen (secondary N) is 2. The van der Waals surface area contributed by atoms with E-state index in [1.807, 2.05) is 0 Å². The first-order valence-corrected chi connectivity index (χ1v) is 7.28. The molecule has 0 unspecified atom stereocenters. The lowest BCUT2D eigenvalue weighted by Gasteiger charge is -2.07. The quantitative estimate of drug-likeness (QED) is 0.742. The zero-order chi connectivity index (χ0) is 14.6. The van der Waals surface area contributed by atoms with Crippen molar-refractivity contribution < 1.29 is 18.3 Å². The number of aliphatic carboxylic acids is 1. The Bertz CT molecular complexity index is 678. The normalized spacial score (nSPS) is 11.2. The molecule has 0 aliphatic carbocycles. The second-order valence-electron chi connectivity index (χ2n) is 4.12. The molecule has 0 aliphatic rings. The van der Waals surface area contributed by atoms with E-state index in [1.165, 1.54) is 12.3 Å². The fraction of sp³-hybridized carbons (Fsp3) is 0.167. The number of H-pyrrole nitrogens is 1. The Morgan fingerprint density at radius 1 is 1.25 bits per heavy atom. The van der Waals surface area contributed by atoms with Crippen LogP contribution < -0.4 is 4.72 Å². The maximum Gasteiger partial charge on any atom is 0.303 e. The van der Waals surface area contributed by atoms with Gasteiger partial charge in [-0.1, -0.05) is 12.1 Å². The van der Waals surface area contributed by atoms with Crippen LogP contribution >= 0.6 is 0 Å². The van der Waals surface area contributed by atoms with Gasteiger partial charge in [-0.05, 0) is 30.2 Å². The summed E-state index contributed by atoms with van der Waals surface area (Å²) in [5.41, 5.74) is 1.23. The number of carboxylic acids is 1. The molecule has 106 valence electrons. The van der Waals surface area contributed by atoms with Crippen LogP contribution in [0.1, 0.15) is 12.0 Å². The first kappa shape index (κ1) is 14.1. The van der Waals surface area contributed by atoms with Gasteiger partial charge in [-0.3, -0.25) is 14.6 Å². The Morgan fingerprint density at radius 2 is 1.95 bits per heavy atom. The van der Waals surface area contributed by atoms with Gasteiger partial charge in [0.25, 0.3) is 10.0 Å². The van der Waals surface area contributed by atoms with E-state index >= 15 is 0 Å². The molecule has 20 heavy (non-hydrogen) atoms. The monoisotopic (exact) mass is 295 g/mol. The smallest absolute Gasteiger partial charge is 0.303 e. The van der Waals surface area contributed by atoms with Gasteiger partial charge in [0.05, 0.1) is 6.20 Å². The van der Waals surface area contributed by atoms with E-state index in [9.17, 15) is 13.2 Å². The summed E-state index contributed by atoms with van der Waals surface area (Å²) < 4.78 is 26.2. The van der Waals surface area contributed by atoms with Crippen LogP contribution in [0.25, 0.3) is 0 Å². The molecule has 1 aromatic carbocycles. The lowest BCUT2D eigenvalue weighted by atomic mass is 10.1. The molecule has 0 aliphatic heterocycles. The molecule has 0 amide bonds. The number of hydrogen-bond acceptors (Lipinski definition) is 4. The Kier molecular flexibility index (Phi) is 4.04. The minimum Gasteiger partial charge on any atom is -0.481 e. The highest BCUT2D eigenvalue weighted by Crippen LogP contribution is 2.15. The molecule has 0 bridgehead atoms. The van der Waals surface area contributed by atoms with E-state index in [2.05, 4.69) is 14.9 Å². The molecule has 0 atom stereocenters. The number of carbonyl (C=O) groups is 1. The number of nitrogens with zero attached hydrogens (tertiary/aromatic N) is 1. The van der Waals surface area contributed by atoms with Gasteiger partial charge in [0.1, 0.15) is 0 Å². The molecule has 2 rings (SSSR count). The molecular weight excluding hydrogens is 282 g/mol. The Labute approximate surface area is 115 Å². The topological polar surface area (TPSA) is 112 Å². The first-order valence-electron chi connectivity index (χ1n) is 5.80. The highest BCUT2D eigenvalue weighted by Gasteiger charge is 2.15. The number of anilines is 1. The summed E-state index contributed by atoms with van der Waals surface area (Å²) in [7, 11) is -3.67. The summed E-state index contributed by atoms with van der Waals surface area (Å²) >= 11 is 0. The predicted molar refractivity (Wildman–Crippen MR) is 71.8 cm³/mol. The van der Waals surface area contributed by atoms with Crippen molar-refractivity contribution >= 4 is 21.7 Å². The molecule has 0 saturated carbocycles. The number of carboxylic acid groups (broad SMARTS) is 1. The Morgan fingerprint density at radius 3 is 2.50 bits per heavy atom. The van der Waals surface area contributed by atoms with Gasteiger partial charge in [-0.2, -0.15) is 13.5 Å². The summed E-state index contributed by atoms with van der Waals surface area (Å²) in [6, 6.07) is 7.90. The lowest BCUT2D eigenvalue weighted by molar-refractivity contribution is -0.136. The van der Waals surface area contributed by atoms with Crippen molar-refractivity contribution in [1.29, 1.82) is 0 Å². The van der Waals surface area contributed by atoms with Crippen molar-refractivity contribution in [1.82, 2.24) is 10.2 Å². The zero-order valence-electron chi connectivity index (χ0n) is 10.4. The molecule has 7 nitrogen and oxygen atoms in total. The third-order valence-corrected chi connectivity index (χ3v) is 3.91. The van der Waals surface area contributed by atoms with E-state index in [4.69, 9.17) is 5.11 Å². The molecule has 1 heterocycles. The van der Waals surface area contributed by atoms with E-state index in [0.29, 0.717) is 12.1 Å². The Balaban J connectivity index is 2.06. The fourth-order valence-electron chi connectivity index (χ4n) is 1.59. The van der Waals surface area contributed by atoms with Gasteiger partial charge in [-0.25, -0.2) is 0 Å². The first-order chi connectivity index (χ1) is 9.47. The number of aromatic amines is 1. The fourth-order valence-corrected chi connectivity index (χ4v) is 2.56. The van der Waals surface area contributed by atoms with Crippen LogP contribution in [0.3, 0.4) is 0 Å². The van der Waals surface area contributed by atoms with Gasteiger partial charge in [0.15, 0.2) is 5.03 Å². The zero-order valence-corrected chi connectivity index (χ0v) is 11.2. The molecule has 0 spiro atoms. The molecule has 1 aromatic heterocycles. The van der Waals surface area contributed by atoms with Crippen molar-refractivity contribution in [3.05, 3.63) is 42.1 Å². The standard InChI is InChI=1S/C12H13N3O4S/c16-12(17)6-3-9-1-4-10(5-2-9)15-20(18,19)11-7-8-13-14-11/h1-2,4-5,7-8,15H,3,6H2,(H,13,14)(H,16,17). The average Bonchev–Trinajstić information content (AvgIpc) is 2.92. The van der Waals surface area contributed by atoms with Crippen molar-refractivity contribution in [3.8, 4) is 0 Å². The van der Waals surface area contributed by atoms with Gasteiger partial charge in [0.2, 0.25) is 0 Å². The van der Waals surface area contributed by atoms with Crippen LogP contribution in [-0.2, 0) is 21.2 Å². The molecule has 3 N–H and O–H groups in total. The van der Waals surface area contributed by atoms with Crippen molar-refractivity contribution in [2.45, 2.75) is 17.9 Å². The van der Waals surface area contributed by atoms with Gasteiger partial charge in [-0.15, -0.1) is 0 Å². The van der Waals surface area contributed by atoms with Crippen LogP contribution in [0.5, 0.6) is 0 Å². The van der Waals surface area contributed by atoms with Gasteiger partial charge in [0, 0.05) is 12.1 Å². The van der Waals surface area contributed by atoms with Crippen LogP contribution in [-0.4, -0.2) is 29.7 Å². The molecule has 2 aromatic rings. The Hall–Kier alpha value is -2.35. The van der Waals surface area contributed by atoms with Crippen LogP contribution in [0.15, 0.2) is 41.6 Å². The highest BCUT2D eigenvalue weighted by atomic mass is 32.2. The van der Waals surface area contributed by atoms with Crippen LogP contribution in [0, 0.1) is 0 Å². The SMILES string of the molecule is O=C(O)CCc1ccc(NS(=O)(=O)c2ccn[nH]2)cc1. The second-order valence-corrected chi connectivity index (χ2v) is 5.77. The summed E-state index contributed by atoms with van der Waals surface area (Å²) in [5.74, 6) is -0.867. The molecule has 0 saturated heterocycles. The lowest BCUT2D eigenvalue weighted by Crippen LogP contribution is -2.13. The third kappa shape index (κ3) is 3.58. The summed E-state index contributed by atoms with van der Waals surface area (Å²) in [6.45, 7) is 0. The second kappa shape index (κ2) is 5.74. The predicted octanol–water partition coefficient (Wildman–Crippen LogP) is 1.23. The molecular formula is C12H13N3O4S. The highest BCUT2D eigenvalue weighted by molar-refractivity contribution is 7.92. The van der Waals surface area contributed by atoms with Crippen LogP contribution in [0.2, 0.25) is 0 Å². The molecule has 0 fully saturated rings. The summed E-state index contributed by atoms with van der Waals surface area (Å²) in [4.78, 5) is 10.5. The number of benzene rings is 1. The number of sulfonamides is 1. The van der Waals surface area contributed by atoms with Crippen molar-refractivity contribution in [2.75, 3.05) is 4.72 Å². The number of hydrogen-bond donors (Lipinski definition) is 3. The summed E-state index contributed by atoms with van der Waals surface area (Å²) in [5, 5.41) is 14.5. The van der Waals surface area contributed by atoms with E-state index in [0.717, 1.165) is 5.56 Å². The van der Waals surface area contributed by atoms with E-state index in [-0.39, 0.29) is 11.4 Å². The molecule has 8 heteroatoms. The minimum absolute atomic E-state index is 0.0209. The number of rotatable bonds is 6. The minimum atomic E-state index is -3.67. The maximum absolute atomic E-state index is 11.9. The summed E-state index contributed by atoms with van der Waals surface area (Å²) in [6.07, 6.45) is 1.80. The average molecular weight is 295 g/mol. The largest absolute Gasteiger partial charge is 0.481 e. The van der Waals surface area contributed by atoms with Gasteiger partial charge < -0.3 is 5.11 Å². The maximum atomic E-state index is 11.9. The third-order valence-electron chi connectivity index (χ3n) is 2.60. The van der Waals surface area contributed by atoms with Crippen molar-refractivity contribution in [3.63, 3.8) is 0 Å². The van der Waals surface area contributed by atoms with Crippen molar-refractivity contribution in [2.24, 2.45) is 0 Å². The number of aromatic nitrogens is 2. The van der Waals surface area contributed by atoms with E-state index < -0.39 is 16.0 Å². The van der Waals surface area contributed by atoms with Gasteiger partial charge >= 0.3 is 5.97 Å².